The summed E-state index contributed by atoms with van der Waals surface area (Å²) >= 11 is 0. The Morgan fingerprint density at radius 2 is 1.61 bits per heavy atom. The van der Waals surface area contributed by atoms with Crippen LogP contribution >= 0.6 is 0 Å². The first-order valence-electron chi connectivity index (χ1n) is 11.1. The second-order valence-corrected chi connectivity index (χ2v) is 7.59. The number of para-hydroxylation sites is 1. The smallest absolute Gasteiger partial charge is 0.341 e. The van der Waals surface area contributed by atoms with Gasteiger partial charge < -0.3 is 30.5 Å². The van der Waals surface area contributed by atoms with E-state index in [9.17, 15) is 14.7 Å². The van der Waals surface area contributed by atoms with Gasteiger partial charge in [0.05, 0.1) is 18.8 Å². The van der Waals surface area contributed by atoms with Crippen LogP contribution in [-0.4, -0.2) is 53.2 Å². The molecule has 8 nitrogen and oxygen atoms in total. The molecule has 0 saturated heterocycles. The number of unbranched alkanes of at least 4 members (excludes halogenated alkanes) is 1. The van der Waals surface area contributed by atoms with Crippen molar-refractivity contribution in [3.63, 3.8) is 0 Å². The SMILES string of the molecule is CCCCC(CC)COC(=O)c1ccccc1O.Nc1ccc(C(=O)OCC(O)CO)cc1. The van der Waals surface area contributed by atoms with Crippen molar-refractivity contribution in [3.05, 3.63) is 59.7 Å². The molecule has 0 saturated carbocycles. The molecule has 0 heterocycles. The molecule has 0 bridgehead atoms. The van der Waals surface area contributed by atoms with Gasteiger partial charge in [0.2, 0.25) is 0 Å². The van der Waals surface area contributed by atoms with Crippen molar-refractivity contribution in [2.45, 2.75) is 45.6 Å². The minimum atomic E-state index is -1.04. The fraction of sp³-hybridized carbons (Fsp3) is 0.440. The quantitative estimate of drug-likeness (QED) is 0.294. The number of benzene rings is 2. The van der Waals surface area contributed by atoms with E-state index >= 15 is 0 Å². The first-order valence-corrected chi connectivity index (χ1v) is 11.1. The van der Waals surface area contributed by atoms with Crippen LogP contribution in [0.3, 0.4) is 0 Å². The van der Waals surface area contributed by atoms with E-state index in [0.717, 1.165) is 25.7 Å². The van der Waals surface area contributed by atoms with Gasteiger partial charge in [0.15, 0.2) is 0 Å². The normalized spacial score (nSPS) is 12.1. The van der Waals surface area contributed by atoms with Crippen molar-refractivity contribution in [1.29, 1.82) is 0 Å². The number of phenolic OH excluding ortho intramolecular Hbond substituents is 1. The molecule has 2 aromatic rings. The fourth-order valence-electron chi connectivity index (χ4n) is 2.74. The monoisotopic (exact) mass is 461 g/mol. The van der Waals surface area contributed by atoms with Gasteiger partial charge in [-0.25, -0.2) is 9.59 Å². The first-order chi connectivity index (χ1) is 15.8. The van der Waals surface area contributed by atoms with Gasteiger partial charge in [0.25, 0.3) is 0 Å². The molecule has 0 aromatic heterocycles. The molecule has 0 aliphatic carbocycles. The molecule has 33 heavy (non-hydrogen) atoms. The minimum absolute atomic E-state index is 0.0240. The molecular weight excluding hydrogens is 426 g/mol. The summed E-state index contributed by atoms with van der Waals surface area (Å²) in [7, 11) is 0. The predicted molar refractivity (Wildman–Crippen MR) is 126 cm³/mol. The summed E-state index contributed by atoms with van der Waals surface area (Å²) in [5, 5.41) is 27.0. The molecule has 2 aromatic carbocycles. The zero-order valence-corrected chi connectivity index (χ0v) is 19.3. The van der Waals surface area contributed by atoms with Gasteiger partial charge in [0.1, 0.15) is 24.0 Å². The second-order valence-electron chi connectivity index (χ2n) is 7.59. The number of anilines is 1. The van der Waals surface area contributed by atoms with Crippen molar-refractivity contribution in [2.75, 3.05) is 25.6 Å². The van der Waals surface area contributed by atoms with E-state index in [1.165, 1.54) is 18.2 Å². The number of hydrogen-bond acceptors (Lipinski definition) is 8. The van der Waals surface area contributed by atoms with E-state index in [1.807, 2.05) is 0 Å². The van der Waals surface area contributed by atoms with Gasteiger partial charge in [-0.3, -0.25) is 0 Å². The van der Waals surface area contributed by atoms with Crippen LogP contribution < -0.4 is 5.73 Å². The number of hydrogen-bond donors (Lipinski definition) is 4. The van der Waals surface area contributed by atoms with Crippen LogP contribution in [0.25, 0.3) is 0 Å². The Bertz CT molecular complexity index is 839. The highest BCUT2D eigenvalue weighted by Crippen LogP contribution is 2.18. The molecule has 0 aliphatic heterocycles. The Balaban J connectivity index is 0.000000335. The molecule has 0 spiro atoms. The maximum absolute atomic E-state index is 11.8. The van der Waals surface area contributed by atoms with Crippen LogP contribution in [0.5, 0.6) is 5.75 Å². The summed E-state index contributed by atoms with van der Waals surface area (Å²) in [5.74, 6) is -0.602. The van der Waals surface area contributed by atoms with Gasteiger partial charge in [-0.15, -0.1) is 0 Å². The first kappa shape index (κ1) is 27.9. The van der Waals surface area contributed by atoms with Crippen LogP contribution in [0.2, 0.25) is 0 Å². The lowest BCUT2D eigenvalue weighted by molar-refractivity contribution is 0.00932. The van der Waals surface area contributed by atoms with Crippen LogP contribution in [0.4, 0.5) is 5.69 Å². The summed E-state index contributed by atoms with van der Waals surface area (Å²) < 4.78 is 9.99. The summed E-state index contributed by atoms with van der Waals surface area (Å²) in [4.78, 5) is 23.1. The minimum Gasteiger partial charge on any atom is -0.507 e. The van der Waals surface area contributed by atoms with Crippen LogP contribution in [0.15, 0.2) is 48.5 Å². The van der Waals surface area contributed by atoms with E-state index in [2.05, 4.69) is 13.8 Å². The van der Waals surface area contributed by atoms with Crippen molar-refractivity contribution in [2.24, 2.45) is 5.92 Å². The molecule has 2 unspecified atom stereocenters. The number of nitrogen functional groups attached to an aromatic ring is 1. The summed E-state index contributed by atoms with van der Waals surface area (Å²) in [6.45, 7) is 4.04. The predicted octanol–water partition coefficient (Wildman–Crippen LogP) is 3.54. The third-order valence-electron chi connectivity index (χ3n) is 4.88. The Kier molecular flexibility index (Phi) is 13.3. The molecule has 0 fully saturated rings. The lowest BCUT2D eigenvalue weighted by Gasteiger charge is -2.14. The topological polar surface area (TPSA) is 139 Å². The van der Waals surface area contributed by atoms with E-state index in [-0.39, 0.29) is 17.9 Å². The number of carbonyl (C=O) groups is 2. The highest BCUT2D eigenvalue weighted by molar-refractivity contribution is 5.92. The number of carbonyl (C=O) groups excluding carboxylic acids is 2. The molecule has 182 valence electrons. The third-order valence-corrected chi connectivity index (χ3v) is 4.88. The molecular formula is C25H35NO7. The summed E-state index contributed by atoms with van der Waals surface area (Å²) in [5.41, 5.74) is 6.60. The zero-order chi connectivity index (χ0) is 24.6. The number of ether oxygens (including phenoxy) is 2. The Labute approximate surface area is 195 Å². The average molecular weight is 462 g/mol. The number of phenols is 1. The molecule has 0 aliphatic rings. The van der Waals surface area contributed by atoms with E-state index in [0.29, 0.717) is 23.8 Å². The number of aliphatic hydroxyl groups excluding tert-OH is 2. The van der Waals surface area contributed by atoms with E-state index in [1.54, 1.807) is 30.3 Å². The number of nitrogens with two attached hydrogens (primary N) is 1. The maximum Gasteiger partial charge on any atom is 0.341 e. The maximum atomic E-state index is 11.8. The van der Waals surface area contributed by atoms with Crippen molar-refractivity contribution >= 4 is 17.6 Å². The molecule has 2 atom stereocenters. The second kappa shape index (κ2) is 15.7. The van der Waals surface area contributed by atoms with Gasteiger partial charge in [-0.1, -0.05) is 45.2 Å². The molecule has 5 N–H and O–H groups in total. The molecule has 0 radical (unpaired) electrons. The zero-order valence-electron chi connectivity index (χ0n) is 19.3. The van der Waals surface area contributed by atoms with Gasteiger partial charge in [-0.05, 0) is 48.7 Å². The fourth-order valence-corrected chi connectivity index (χ4v) is 2.74. The Hall–Kier alpha value is -3.10. The van der Waals surface area contributed by atoms with Crippen LogP contribution in [0.1, 0.15) is 60.2 Å². The van der Waals surface area contributed by atoms with Crippen LogP contribution in [-0.2, 0) is 9.47 Å². The third kappa shape index (κ3) is 10.9. The molecule has 8 heteroatoms. The Morgan fingerprint density at radius 3 is 2.18 bits per heavy atom. The van der Waals surface area contributed by atoms with E-state index in [4.69, 9.17) is 25.4 Å². The average Bonchev–Trinajstić information content (AvgIpc) is 2.83. The lowest BCUT2D eigenvalue weighted by atomic mass is 10.0. The van der Waals surface area contributed by atoms with Crippen molar-refractivity contribution < 1.29 is 34.4 Å². The number of esters is 2. The van der Waals surface area contributed by atoms with Gasteiger partial charge in [-0.2, -0.15) is 0 Å². The van der Waals surface area contributed by atoms with Crippen LogP contribution in [0, 0.1) is 5.92 Å². The van der Waals surface area contributed by atoms with Gasteiger partial charge in [0, 0.05) is 5.69 Å². The summed E-state index contributed by atoms with van der Waals surface area (Å²) in [6.07, 6.45) is 3.37. The molecule has 2 rings (SSSR count). The number of aliphatic hydroxyl groups is 2. The Morgan fingerprint density at radius 1 is 0.970 bits per heavy atom. The van der Waals surface area contributed by atoms with Crippen molar-refractivity contribution in [1.82, 2.24) is 0 Å². The van der Waals surface area contributed by atoms with E-state index < -0.39 is 24.6 Å². The summed E-state index contributed by atoms with van der Waals surface area (Å²) in [6, 6.07) is 12.7. The number of aromatic hydroxyl groups is 1. The number of rotatable bonds is 11. The largest absolute Gasteiger partial charge is 0.507 e. The highest BCUT2D eigenvalue weighted by atomic mass is 16.5. The molecule has 0 amide bonds. The highest BCUT2D eigenvalue weighted by Gasteiger charge is 2.14. The standard InChI is InChI=1S/C15H22O3.C10H13NO4/c1-3-5-8-12(4-2)11-18-15(17)13-9-6-7-10-14(13)16;11-8-3-1-7(2-4-8)10(14)15-6-9(13)5-12/h6-7,9-10,12,16H,3-5,8,11H2,1-2H3;1-4,9,12-13H,5-6,11H2. The van der Waals surface area contributed by atoms with Crippen molar-refractivity contribution in [3.8, 4) is 5.75 Å². The van der Waals surface area contributed by atoms with Gasteiger partial charge >= 0.3 is 11.9 Å². The lowest BCUT2D eigenvalue weighted by Crippen LogP contribution is -2.21.